The van der Waals surface area contributed by atoms with Crippen molar-refractivity contribution in [3.8, 4) is 0 Å². The number of esters is 1. The van der Waals surface area contributed by atoms with Gasteiger partial charge in [0.2, 0.25) is 0 Å². The Labute approximate surface area is 95.5 Å². The summed E-state index contributed by atoms with van der Waals surface area (Å²) in [5, 5.41) is 0.394. The summed E-state index contributed by atoms with van der Waals surface area (Å²) >= 11 is 0. The molecule has 0 heterocycles. The maximum absolute atomic E-state index is 11.0. The number of rotatable bonds is 2. The van der Waals surface area contributed by atoms with Crippen molar-refractivity contribution in [2.24, 2.45) is 0 Å². The van der Waals surface area contributed by atoms with Crippen molar-refractivity contribution in [2.75, 3.05) is 0 Å². The van der Waals surface area contributed by atoms with Gasteiger partial charge in [0, 0.05) is 6.92 Å². The van der Waals surface area contributed by atoms with Gasteiger partial charge in [0.25, 0.3) is 0 Å². The van der Waals surface area contributed by atoms with Crippen LogP contribution in [0.1, 0.15) is 55.4 Å². The van der Waals surface area contributed by atoms with Crippen LogP contribution in [-0.4, -0.2) is 22.1 Å². The third kappa shape index (κ3) is 4.97. The van der Waals surface area contributed by atoms with E-state index in [-0.39, 0.29) is 30.0 Å². The van der Waals surface area contributed by atoms with Gasteiger partial charge in [-0.05, 0) is 17.2 Å². The maximum atomic E-state index is 11.0. The largest absolute Gasteiger partial charge is 0.458 e. The number of ether oxygens (including phenoxy) is 1. The molecular formula is C12H25O2P. The van der Waals surface area contributed by atoms with Gasteiger partial charge in [-0.15, -0.1) is 0 Å². The molecule has 0 saturated carbocycles. The molecule has 0 fully saturated rings. The van der Waals surface area contributed by atoms with Crippen LogP contribution >= 0.6 is 7.92 Å². The zero-order chi connectivity index (χ0) is 12.4. The van der Waals surface area contributed by atoms with E-state index in [9.17, 15) is 4.79 Å². The average molecular weight is 232 g/mol. The van der Waals surface area contributed by atoms with Crippen LogP contribution in [0.2, 0.25) is 0 Å². The lowest BCUT2D eigenvalue weighted by molar-refractivity contribution is -0.142. The Morgan fingerprint density at radius 1 is 1.07 bits per heavy atom. The highest BCUT2D eigenvalue weighted by Gasteiger charge is 2.39. The fourth-order valence-electron chi connectivity index (χ4n) is 2.39. The van der Waals surface area contributed by atoms with Gasteiger partial charge in [-0.3, -0.25) is 4.79 Å². The quantitative estimate of drug-likeness (QED) is 0.532. The first-order valence-electron chi connectivity index (χ1n) is 5.43. The number of hydrogen-bond acceptors (Lipinski definition) is 2. The first kappa shape index (κ1) is 14.9. The highest BCUT2D eigenvalue weighted by molar-refractivity contribution is 7.61. The van der Waals surface area contributed by atoms with E-state index in [0.29, 0.717) is 0 Å². The molecule has 0 saturated heterocycles. The summed E-state index contributed by atoms with van der Waals surface area (Å²) in [5.41, 5.74) is 0. The number of carbonyl (C=O) groups is 1. The van der Waals surface area contributed by atoms with E-state index < -0.39 is 0 Å². The summed E-state index contributed by atoms with van der Waals surface area (Å²) in [6.45, 7) is 16.9. The predicted molar refractivity (Wildman–Crippen MR) is 67.7 cm³/mol. The summed E-state index contributed by atoms with van der Waals surface area (Å²) in [7, 11) is -0.380. The van der Waals surface area contributed by atoms with Gasteiger partial charge in [-0.2, -0.15) is 0 Å². The van der Waals surface area contributed by atoms with Crippen molar-refractivity contribution < 1.29 is 9.53 Å². The smallest absolute Gasteiger partial charge is 0.303 e. The van der Waals surface area contributed by atoms with Gasteiger partial charge < -0.3 is 4.74 Å². The molecule has 3 heteroatoms. The first-order chi connectivity index (χ1) is 6.46. The molecule has 1 atom stereocenters. The van der Waals surface area contributed by atoms with Crippen molar-refractivity contribution in [1.29, 1.82) is 0 Å². The van der Waals surface area contributed by atoms with Gasteiger partial charge in [0.1, 0.15) is 5.85 Å². The summed E-state index contributed by atoms with van der Waals surface area (Å²) in [4.78, 5) is 11.0. The zero-order valence-electron chi connectivity index (χ0n) is 11.3. The molecule has 0 radical (unpaired) electrons. The molecular weight excluding hydrogens is 207 g/mol. The Kier molecular flexibility index (Phi) is 4.79. The Hall–Kier alpha value is -0.100. The Bertz CT molecular complexity index is 209. The van der Waals surface area contributed by atoms with E-state index in [4.69, 9.17) is 4.74 Å². The second-order valence-corrected chi connectivity index (χ2v) is 10.1. The molecule has 0 aromatic heterocycles. The molecule has 2 nitrogen and oxygen atoms in total. The van der Waals surface area contributed by atoms with Crippen molar-refractivity contribution in [2.45, 2.75) is 71.5 Å². The van der Waals surface area contributed by atoms with E-state index >= 15 is 0 Å². The van der Waals surface area contributed by atoms with E-state index in [1.165, 1.54) is 6.92 Å². The Morgan fingerprint density at radius 3 is 1.60 bits per heavy atom. The highest BCUT2D eigenvalue weighted by Crippen LogP contribution is 2.62. The maximum Gasteiger partial charge on any atom is 0.303 e. The summed E-state index contributed by atoms with van der Waals surface area (Å²) in [5.74, 6) is -0.152. The normalized spacial score (nSPS) is 15.3. The van der Waals surface area contributed by atoms with Crippen molar-refractivity contribution >= 4 is 13.9 Å². The molecule has 0 bridgehead atoms. The molecule has 0 aromatic rings. The van der Waals surface area contributed by atoms with Crippen LogP contribution in [0.25, 0.3) is 0 Å². The Morgan fingerprint density at radius 2 is 1.40 bits per heavy atom. The molecule has 0 rings (SSSR count). The SMILES string of the molecule is CC(=O)OC(C)P(C(C)(C)C)C(C)(C)C. The average Bonchev–Trinajstić information content (AvgIpc) is 1.74. The van der Waals surface area contributed by atoms with Crippen molar-refractivity contribution in [3.63, 3.8) is 0 Å². The molecule has 0 N–H and O–H groups in total. The number of hydrogen-bond donors (Lipinski definition) is 0. The minimum atomic E-state index is -0.380. The fourth-order valence-corrected chi connectivity index (χ4v) is 6.84. The van der Waals surface area contributed by atoms with Crippen LogP contribution in [0.5, 0.6) is 0 Å². The molecule has 0 aliphatic heterocycles. The van der Waals surface area contributed by atoms with Crippen molar-refractivity contribution in [1.82, 2.24) is 0 Å². The summed E-state index contributed by atoms with van der Waals surface area (Å²) in [6.07, 6.45) is 0. The molecule has 0 aromatic carbocycles. The van der Waals surface area contributed by atoms with Crippen LogP contribution in [0.15, 0.2) is 0 Å². The molecule has 1 unspecified atom stereocenters. The predicted octanol–water partition coefficient (Wildman–Crippen LogP) is 3.97. The molecule has 0 aliphatic rings. The summed E-state index contributed by atoms with van der Waals surface area (Å²) in [6, 6.07) is 0. The fraction of sp³-hybridized carbons (Fsp3) is 0.917. The van der Waals surface area contributed by atoms with E-state index in [2.05, 4.69) is 41.5 Å². The monoisotopic (exact) mass is 232 g/mol. The lowest BCUT2D eigenvalue weighted by atomic mass is 10.2. The first-order valence-corrected chi connectivity index (χ1v) is 6.84. The molecule has 15 heavy (non-hydrogen) atoms. The molecule has 90 valence electrons. The summed E-state index contributed by atoms with van der Waals surface area (Å²) < 4.78 is 5.36. The lowest BCUT2D eigenvalue weighted by Crippen LogP contribution is -2.32. The van der Waals surface area contributed by atoms with E-state index in [1.54, 1.807) is 0 Å². The molecule has 0 spiro atoms. The third-order valence-electron chi connectivity index (χ3n) is 2.15. The standard InChI is InChI=1S/C12H25O2P/c1-9(13)14-10(2)15(11(3,4)5)12(6,7)8/h10H,1-8H3. The van der Waals surface area contributed by atoms with Gasteiger partial charge in [0.05, 0.1) is 0 Å². The molecule has 0 amide bonds. The van der Waals surface area contributed by atoms with Crippen LogP contribution < -0.4 is 0 Å². The van der Waals surface area contributed by atoms with Crippen molar-refractivity contribution in [3.05, 3.63) is 0 Å². The van der Waals surface area contributed by atoms with Gasteiger partial charge in [-0.1, -0.05) is 49.5 Å². The zero-order valence-corrected chi connectivity index (χ0v) is 12.2. The van der Waals surface area contributed by atoms with Gasteiger partial charge in [-0.25, -0.2) is 0 Å². The van der Waals surface area contributed by atoms with Crippen LogP contribution in [0, 0.1) is 0 Å². The highest BCUT2D eigenvalue weighted by atomic mass is 31.1. The minimum Gasteiger partial charge on any atom is -0.458 e. The Balaban J connectivity index is 4.88. The second kappa shape index (κ2) is 4.82. The van der Waals surface area contributed by atoms with E-state index in [1.807, 2.05) is 6.92 Å². The molecule has 0 aliphatic carbocycles. The third-order valence-corrected chi connectivity index (χ3v) is 5.87. The van der Waals surface area contributed by atoms with Crippen LogP contribution in [-0.2, 0) is 9.53 Å². The topological polar surface area (TPSA) is 26.3 Å². The second-order valence-electron chi connectivity index (χ2n) is 5.92. The van der Waals surface area contributed by atoms with E-state index in [0.717, 1.165) is 0 Å². The van der Waals surface area contributed by atoms with Gasteiger partial charge in [0.15, 0.2) is 0 Å². The number of carbonyl (C=O) groups excluding carboxylic acids is 1. The lowest BCUT2D eigenvalue weighted by Gasteiger charge is -2.44. The van der Waals surface area contributed by atoms with Gasteiger partial charge >= 0.3 is 5.97 Å². The minimum absolute atomic E-state index is 0.0255. The van der Waals surface area contributed by atoms with Crippen LogP contribution in [0.4, 0.5) is 0 Å². The van der Waals surface area contributed by atoms with Crippen LogP contribution in [0.3, 0.4) is 0 Å².